The number of benzene rings is 1. The van der Waals surface area contributed by atoms with Crippen LogP contribution in [0.3, 0.4) is 0 Å². The summed E-state index contributed by atoms with van der Waals surface area (Å²) < 4.78 is 19.3. The van der Waals surface area contributed by atoms with E-state index in [-0.39, 0.29) is 11.9 Å². The minimum Gasteiger partial charge on any atom is -0.380 e. The molecule has 2 atom stereocenters. The first-order valence-electron chi connectivity index (χ1n) is 7.41. The van der Waals surface area contributed by atoms with E-state index in [9.17, 15) is 4.39 Å². The van der Waals surface area contributed by atoms with Crippen molar-refractivity contribution in [3.63, 3.8) is 0 Å². The molecule has 0 radical (unpaired) electrons. The molecule has 1 heterocycles. The normalized spacial score (nSPS) is 21.9. The SMILES string of the molecule is CNC(CCN1CCCC(OC)C1)c1ccccc1F. The van der Waals surface area contributed by atoms with Crippen LogP contribution in [0.5, 0.6) is 0 Å². The minimum atomic E-state index is -0.125. The number of rotatable bonds is 6. The van der Waals surface area contributed by atoms with E-state index in [0.717, 1.165) is 38.0 Å². The molecule has 1 aromatic carbocycles. The van der Waals surface area contributed by atoms with E-state index < -0.39 is 0 Å². The Balaban J connectivity index is 1.89. The van der Waals surface area contributed by atoms with E-state index in [2.05, 4.69) is 10.2 Å². The molecule has 1 aliphatic heterocycles. The summed E-state index contributed by atoms with van der Waals surface area (Å²) in [4.78, 5) is 2.42. The van der Waals surface area contributed by atoms with Crippen LogP contribution in [0.4, 0.5) is 4.39 Å². The first-order chi connectivity index (χ1) is 9.74. The topological polar surface area (TPSA) is 24.5 Å². The fourth-order valence-corrected chi connectivity index (χ4v) is 2.93. The molecule has 0 aromatic heterocycles. The number of piperidine rings is 1. The molecule has 4 heteroatoms. The number of halogens is 1. The van der Waals surface area contributed by atoms with Gasteiger partial charge in [-0.25, -0.2) is 4.39 Å². The summed E-state index contributed by atoms with van der Waals surface area (Å²) in [6, 6.07) is 7.09. The number of hydrogen-bond acceptors (Lipinski definition) is 3. The van der Waals surface area contributed by atoms with Crippen LogP contribution < -0.4 is 5.32 Å². The van der Waals surface area contributed by atoms with Gasteiger partial charge in [0.15, 0.2) is 0 Å². The molecule has 0 aliphatic carbocycles. The molecule has 0 spiro atoms. The lowest BCUT2D eigenvalue weighted by molar-refractivity contribution is 0.0301. The van der Waals surface area contributed by atoms with Gasteiger partial charge in [-0.1, -0.05) is 18.2 Å². The number of ether oxygens (including phenoxy) is 1. The van der Waals surface area contributed by atoms with Crippen LogP contribution in [0.15, 0.2) is 24.3 Å². The molecule has 0 saturated carbocycles. The van der Waals surface area contributed by atoms with Gasteiger partial charge >= 0.3 is 0 Å². The summed E-state index contributed by atoms with van der Waals surface area (Å²) >= 11 is 0. The number of likely N-dealkylation sites (tertiary alicyclic amines) is 1. The van der Waals surface area contributed by atoms with E-state index in [1.54, 1.807) is 13.2 Å². The van der Waals surface area contributed by atoms with Gasteiger partial charge < -0.3 is 15.0 Å². The van der Waals surface area contributed by atoms with Crippen molar-refractivity contribution in [2.24, 2.45) is 0 Å². The van der Waals surface area contributed by atoms with Crippen molar-refractivity contribution in [1.82, 2.24) is 10.2 Å². The lowest BCUT2D eigenvalue weighted by Crippen LogP contribution is -2.40. The molecule has 1 aromatic rings. The van der Waals surface area contributed by atoms with Gasteiger partial charge in [0.05, 0.1) is 6.10 Å². The Morgan fingerprint density at radius 2 is 2.25 bits per heavy atom. The van der Waals surface area contributed by atoms with Crippen LogP contribution in [0.1, 0.15) is 30.9 Å². The van der Waals surface area contributed by atoms with Crippen molar-refractivity contribution in [2.75, 3.05) is 33.8 Å². The Morgan fingerprint density at radius 1 is 1.45 bits per heavy atom. The highest BCUT2D eigenvalue weighted by Crippen LogP contribution is 2.21. The molecule has 1 fully saturated rings. The van der Waals surface area contributed by atoms with Gasteiger partial charge in [0, 0.05) is 31.8 Å². The second kappa shape index (κ2) is 7.72. The lowest BCUT2D eigenvalue weighted by Gasteiger charge is -2.32. The summed E-state index contributed by atoms with van der Waals surface area (Å²) in [5.74, 6) is -0.125. The van der Waals surface area contributed by atoms with Crippen LogP contribution in [0, 0.1) is 5.82 Å². The third kappa shape index (κ3) is 4.01. The summed E-state index contributed by atoms with van der Waals surface area (Å²) in [7, 11) is 3.68. The second-order valence-corrected chi connectivity index (χ2v) is 5.45. The van der Waals surface area contributed by atoms with Crippen LogP contribution in [0.25, 0.3) is 0 Å². The van der Waals surface area contributed by atoms with Crippen molar-refractivity contribution >= 4 is 0 Å². The Kier molecular flexibility index (Phi) is 5.95. The van der Waals surface area contributed by atoms with Gasteiger partial charge in [-0.3, -0.25) is 0 Å². The van der Waals surface area contributed by atoms with E-state index in [4.69, 9.17) is 4.74 Å². The smallest absolute Gasteiger partial charge is 0.127 e. The highest BCUT2D eigenvalue weighted by Gasteiger charge is 2.21. The van der Waals surface area contributed by atoms with Gasteiger partial charge in [-0.2, -0.15) is 0 Å². The summed E-state index contributed by atoms with van der Waals surface area (Å²) in [6.07, 6.45) is 3.59. The van der Waals surface area contributed by atoms with Gasteiger partial charge in [-0.05, 0) is 38.9 Å². The molecule has 112 valence electrons. The van der Waals surface area contributed by atoms with Crippen LogP contribution in [-0.2, 0) is 4.74 Å². The monoisotopic (exact) mass is 280 g/mol. The average Bonchev–Trinajstić information content (AvgIpc) is 2.49. The zero-order valence-corrected chi connectivity index (χ0v) is 12.4. The van der Waals surface area contributed by atoms with Crippen molar-refractivity contribution in [2.45, 2.75) is 31.4 Å². The number of hydrogen-bond donors (Lipinski definition) is 1. The summed E-state index contributed by atoms with van der Waals surface area (Å²) in [5.41, 5.74) is 0.760. The Hall–Kier alpha value is -0.970. The first-order valence-corrected chi connectivity index (χ1v) is 7.41. The molecule has 0 amide bonds. The first kappa shape index (κ1) is 15.4. The van der Waals surface area contributed by atoms with Gasteiger partial charge in [0.1, 0.15) is 5.82 Å². The summed E-state index contributed by atoms with van der Waals surface area (Å²) in [6.45, 7) is 3.08. The van der Waals surface area contributed by atoms with Crippen LogP contribution in [-0.4, -0.2) is 44.8 Å². The highest BCUT2D eigenvalue weighted by atomic mass is 19.1. The molecule has 3 nitrogen and oxygen atoms in total. The van der Waals surface area contributed by atoms with E-state index >= 15 is 0 Å². The lowest BCUT2D eigenvalue weighted by atomic mass is 10.0. The third-order valence-electron chi connectivity index (χ3n) is 4.16. The zero-order valence-electron chi connectivity index (χ0n) is 12.4. The third-order valence-corrected chi connectivity index (χ3v) is 4.16. The molecule has 1 aliphatic rings. The van der Waals surface area contributed by atoms with Gasteiger partial charge in [0.25, 0.3) is 0 Å². The van der Waals surface area contributed by atoms with Crippen molar-refractivity contribution in [3.8, 4) is 0 Å². The maximum Gasteiger partial charge on any atom is 0.127 e. The quantitative estimate of drug-likeness (QED) is 0.867. The van der Waals surface area contributed by atoms with Crippen LogP contribution in [0.2, 0.25) is 0 Å². The van der Waals surface area contributed by atoms with E-state index in [0.29, 0.717) is 6.10 Å². The molecule has 2 unspecified atom stereocenters. The summed E-state index contributed by atoms with van der Waals surface area (Å²) in [5, 5.41) is 3.23. The molecule has 0 bridgehead atoms. The van der Waals surface area contributed by atoms with Crippen molar-refractivity contribution in [3.05, 3.63) is 35.6 Å². The van der Waals surface area contributed by atoms with Gasteiger partial charge in [0.2, 0.25) is 0 Å². The average molecular weight is 280 g/mol. The largest absolute Gasteiger partial charge is 0.380 e. The fraction of sp³-hybridized carbons (Fsp3) is 0.625. The fourth-order valence-electron chi connectivity index (χ4n) is 2.93. The Morgan fingerprint density at radius 3 is 2.95 bits per heavy atom. The number of nitrogens with zero attached hydrogens (tertiary/aromatic N) is 1. The van der Waals surface area contributed by atoms with Crippen LogP contribution >= 0.6 is 0 Å². The highest BCUT2D eigenvalue weighted by molar-refractivity contribution is 5.21. The molecule has 1 saturated heterocycles. The number of methoxy groups -OCH3 is 1. The second-order valence-electron chi connectivity index (χ2n) is 5.45. The maximum atomic E-state index is 13.8. The van der Waals surface area contributed by atoms with Gasteiger partial charge in [-0.15, -0.1) is 0 Å². The molecule has 1 N–H and O–H groups in total. The van der Waals surface area contributed by atoms with Crippen molar-refractivity contribution in [1.29, 1.82) is 0 Å². The predicted molar refractivity (Wildman–Crippen MR) is 79.3 cm³/mol. The predicted octanol–water partition coefficient (Wildman–Crippen LogP) is 2.59. The zero-order chi connectivity index (χ0) is 14.4. The molecular weight excluding hydrogens is 255 g/mol. The number of nitrogens with one attached hydrogen (secondary N) is 1. The Bertz CT molecular complexity index is 413. The maximum absolute atomic E-state index is 13.8. The Labute approximate surface area is 121 Å². The molecule has 2 rings (SSSR count). The molecule has 20 heavy (non-hydrogen) atoms. The minimum absolute atomic E-state index is 0.0686. The van der Waals surface area contributed by atoms with E-state index in [1.165, 1.54) is 12.5 Å². The molecular formula is C16H25FN2O. The standard InChI is InChI=1S/C16H25FN2O/c1-18-16(14-7-3-4-8-15(14)17)9-11-19-10-5-6-13(12-19)20-2/h3-4,7-8,13,16,18H,5-6,9-12H2,1-2H3. The van der Waals surface area contributed by atoms with E-state index in [1.807, 2.05) is 19.2 Å². The van der Waals surface area contributed by atoms with Crippen molar-refractivity contribution < 1.29 is 9.13 Å².